The molecule has 0 bridgehead atoms. The van der Waals surface area contributed by atoms with Crippen LogP contribution in [0.1, 0.15) is 41.9 Å². The third-order valence-electron chi connectivity index (χ3n) is 5.71. The van der Waals surface area contributed by atoms with Crippen LogP contribution >= 0.6 is 0 Å². The van der Waals surface area contributed by atoms with E-state index in [9.17, 15) is 14.0 Å². The Balaban J connectivity index is 1.50. The zero-order chi connectivity index (χ0) is 19.0. The maximum Gasteiger partial charge on any atom is 0.269 e. The number of anilines is 1. The minimum atomic E-state index is -0.266. The van der Waals surface area contributed by atoms with Gasteiger partial charge in [0.25, 0.3) is 5.56 Å². The van der Waals surface area contributed by atoms with Gasteiger partial charge < -0.3 is 9.80 Å². The first-order chi connectivity index (χ1) is 13.0. The molecule has 0 radical (unpaired) electrons. The van der Waals surface area contributed by atoms with Crippen molar-refractivity contribution >= 4 is 11.6 Å². The first-order valence-corrected chi connectivity index (χ1v) is 9.38. The van der Waals surface area contributed by atoms with Crippen LogP contribution in [0.25, 0.3) is 0 Å². The van der Waals surface area contributed by atoms with E-state index >= 15 is 0 Å². The fraction of sp³-hybridized carbons (Fsp3) is 0.450. The lowest BCUT2D eigenvalue weighted by Gasteiger charge is -2.37. The van der Waals surface area contributed by atoms with Crippen LogP contribution in [0.2, 0.25) is 0 Å². The Bertz CT molecular complexity index is 922. The van der Waals surface area contributed by atoms with Crippen molar-refractivity contribution in [3.05, 3.63) is 57.3 Å². The number of hydrogen-bond acceptors (Lipinski definition) is 4. The summed E-state index contributed by atoms with van der Waals surface area (Å²) in [5.74, 6) is 0.00396. The van der Waals surface area contributed by atoms with E-state index in [2.05, 4.69) is 10.2 Å². The van der Waals surface area contributed by atoms with Gasteiger partial charge in [-0.2, -0.15) is 5.10 Å². The molecule has 0 atom stereocenters. The highest BCUT2D eigenvalue weighted by molar-refractivity contribution is 5.83. The molecule has 142 valence electrons. The van der Waals surface area contributed by atoms with Gasteiger partial charge in [0.15, 0.2) is 0 Å². The van der Waals surface area contributed by atoms with Crippen LogP contribution < -0.4 is 10.5 Å². The summed E-state index contributed by atoms with van der Waals surface area (Å²) in [7, 11) is 0. The quantitative estimate of drug-likeness (QED) is 0.897. The number of aryl methyl sites for hydroxylation is 1. The minimum absolute atomic E-state index is 0.00446. The Morgan fingerprint density at radius 3 is 2.74 bits per heavy atom. The van der Waals surface area contributed by atoms with Crippen LogP contribution in [-0.2, 0) is 11.3 Å². The van der Waals surface area contributed by atoms with E-state index in [1.54, 1.807) is 17.2 Å². The molecule has 7 heteroatoms. The fourth-order valence-electron chi connectivity index (χ4n) is 3.87. The van der Waals surface area contributed by atoms with Gasteiger partial charge in [0.1, 0.15) is 5.82 Å². The van der Waals surface area contributed by atoms with Crippen molar-refractivity contribution in [1.29, 1.82) is 0 Å². The summed E-state index contributed by atoms with van der Waals surface area (Å²) in [6, 6.07) is 4.65. The number of benzene rings is 1. The van der Waals surface area contributed by atoms with Gasteiger partial charge in [-0.25, -0.2) is 9.49 Å². The maximum absolute atomic E-state index is 13.3. The Hall–Kier alpha value is -2.70. The summed E-state index contributed by atoms with van der Waals surface area (Å²) in [5, 5.41) is 6.49. The number of nitrogens with one attached hydrogen (secondary N) is 1. The molecular weight excluding hydrogens is 347 g/mol. The predicted octanol–water partition coefficient (Wildman–Crippen LogP) is 2.33. The molecule has 2 aromatic rings. The SMILES string of the molecule is Cc1cc(F)ccc1CN1CCN(c2cn[nH]c(=O)c2C2CCC2)CC1=O. The lowest BCUT2D eigenvalue weighted by atomic mass is 9.80. The van der Waals surface area contributed by atoms with E-state index in [0.717, 1.165) is 41.6 Å². The molecular formula is C20H23FN4O2. The second-order valence-corrected chi connectivity index (χ2v) is 7.43. The zero-order valence-electron chi connectivity index (χ0n) is 15.4. The summed E-state index contributed by atoms with van der Waals surface area (Å²) in [6.07, 6.45) is 4.83. The van der Waals surface area contributed by atoms with Gasteiger partial charge in [-0.1, -0.05) is 12.5 Å². The van der Waals surface area contributed by atoms with Gasteiger partial charge in [0.2, 0.25) is 5.91 Å². The number of nitrogens with zero attached hydrogens (tertiary/aromatic N) is 3. The topological polar surface area (TPSA) is 69.3 Å². The second-order valence-electron chi connectivity index (χ2n) is 7.43. The number of piperazine rings is 1. The lowest BCUT2D eigenvalue weighted by molar-refractivity contribution is -0.131. The van der Waals surface area contributed by atoms with Crippen LogP contribution in [0.15, 0.2) is 29.2 Å². The molecule has 1 aliphatic carbocycles. The highest BCUT2D eigenvalue weighted by Gasteiger charge is 2.31. The molecule has 2 aliphatic rings. The second kappa shape index (κ2) is 7.13. The van der Waals surface area contributed by atoms with Crippen molar-refractivity contribution in [2.45, 2.75) is 38.6 Å². The zero-order valence-corrected chi connectivity index (χ0v) is 15.4. The van der Waals surface area contributed by atoms with Crippen molar-refractivity contribution in [2.75, 3.05) is 24.5 Å². The van der Waals surface area contributed by atoms with Crippen molar-refractivity contribution in [3.8, 4) is 0 Å². The third-order valence-corrected chi connectivity index (χ3v) is 5.71. The largest absolute Gasteiger partial charge is 0.359 e. The van der Waals surface area contributed by atoms with Crippen LogP contribution in [0, 0.1) is 12.7 Å². The number of aromatic amines is 1. The molecule has 1 aromatic heterocycles. The average Bonchev–Trinajstić information content (AvgIpc) is 2.59. The Morgan fingerprint density at radius 2 is 2.07 bits per heavy atom. The number of carbonyl (C=O) groups is 1. The molecule has 1 saturated heterocycles. The first-order valence-electron chi connectivity index (χ1n) is 9.38. The summed E-state index contributed by atoms with van der Waals surface area (Å²) in [5.41, 5.74) is 3.21. The van der Waals surface area contributed by atoms with Crippen LogP contribution in [0.4, 0.5) is 10.1 Å². The molecule has 1 saturated carbocycles. The standard InChI is InChI=1S/C20H23FN4O2/c1-13-9-16(21)6-5-15(13)11-25-8-7-24(12-18(25)26)17-10-22-23-20(27)19(17)14-3-2-4-14/h5-6,9-10,14H,2-4,7-8,11-12H2,1H3,(H,23,27). The van der Waals surface area contributed by atoms with Gasteiger partial charge in [-0.3, -0.25) is 9.59 Å². The number of aromatic nitrogens is 2. The van der Waals surface area contributed by atoms with E-state index < -0.39 is 0 Å². The normalized spacial score (nSPS) is 17.9. The minimum Gasteiger partial charge on any atom is -0.359 e. The predicted molar refractivity (Wildman–Crippen MR) is 100 cm³/mol. The molecule has 27 heavy (non-hydrogen) atoms. The van der Waals surface area contributed by atoms with Crippen molar-refractivity contribution in [1.82, 2.24) is 15.1 Å². The Morgan fingerprint density at radius 1 is 1.26 bits per heavy atom. The van der Waals surface area contributed by atoms with E-state index in [1.807, 2.05) is 11.8 Å². The van der Waals surface area contributed by atoms with Crippen molar-refractivity contribution in [3.63, 3.8) is 0 Å². The average molecular weight is 370 g/mol. The smallest absolute Gasteiger partial charge is 0.269 e. The first kappa shape index (κ1) is 17.7. The van der Waals surface area contributed by atoms with Gasteiger partial charge in [0, 0.05) is 25.2 Å². The summed E-state index contributed by atoms with van der Waals surface area (Å²) in [6.45, 7) is 3.77. The molecule has 2 fully saturated rings. The summed E-state index contributed by atoms with van der Waals surface area (Å²) in [4.78, 5) is 28.8. The van der Waals surface area contributed by atoms with Crippen LogP contribution in [0.5, 0.6) is 0 Å². The van der Waals surface area contributed by atoms with Gasteiger partial charge in [0.05, 0.1) is 18.4 Å². The maximum atomic E-state index is 13.3. The van der Waals surface area contributed by atoms with E-state index in [-0.39, 0.29) is 29.7 Å². The highest BCUT2D eigenvalue weighted by Crippen LogP contribution is 2.38. The van der Waals surface area contributed by atoms with E-state index in [4.69, 9.17) is 0 Å². The number of hydrogen-bond donors (Lipinski definition) is 1. The molecule has 0 unspecified atom stereocenters. The van der Waals surface area contributed by atoms with Gasteiger partial charge in [-0.15, -0.1) is 0 Å². The summed E-state index contributed by atoms with van der Waals surface area (Å²) < 4.78 is 13.3. The molecule has 0 spiro atoms. The molecule has 1 amide bonds. The fourth-order valence-corrected chi connectivity index (χ4v) is 3.87. The Kier molecular flexibility index (Phi) is 4.68. The molecule has 6 nitrogen and oxygen atoms in total. The summed E-state index contributed by atoms with van der Waals surface area (Å²) >= 11 is 0. The van der Waals surface area contributed by atoms with E-state index in [0.29, 0.717) is 19.6 Å². The number of H-pyrrole nitrogens is 1. The number of carbonyl (C=O) groups excluding carboxylic acids is 1. The highest BCUT2D eigenvalue weighted by atomic mass is 19.1. The number of halogens is 1. The number of amides is 1. The molecule has 1 aliphatic heterocycles. The molecule has 1 aromatic carbocycles. The van der Waals surface area contributed by atoms with Crippen LogP contribution in [0.3, 0.4) is 0 Å². The molecule has 4 rings (SSSR count). The van der Waals surface area contributed by atoms with Crippen LogP contribution in [-0.4, -0.2) is 40.6 Å². The molecule has 2 heterocycles. The van der Waals surface area contributed by atoms with E-state index in [1.165, 1.54) is 12.1 Å². The lowest BCUT2D eigenvalue weighted by Crippen LogP contribution is -2.50. The molecule has 1 N–H and O–H groups in total. The van der Waals surface area contributed by atoms with Gasteiger partial charge >= 0.3 is 0 Å². The monoisotopic (exact) mass is 370 g/mol. The van der Waals surface area contributed by atoms with Gasteiger partial charge in [-0.05, 0) is 48.9 Å². The van der Waals surface area contributed by atoms with Crippen molar-refractivity contribution < 1.29 is 9.18 Å². The Labute approximate surface area is 157 Å². The third kappa shape index (κ3) is 3.46. The van der Waals surface area contributed by atoms with Crippen molar-refractivity contribution in [2.24, 2.45) is 0 Å². The number of rotatable bonds is 4.